The molecule has 0 unspecified atom stereocenters. The molecule has 0 bridgehead atoms. The summed E-state index contributed by atoms with van der Waals surface area (Å²) in [6.45, 7) is 3.28. The average molecular weight is 248 g/mol. The summed E-state index contributed by atoms with van der Waals surface area (Å²) in [5.41, 5.74) is 3.06. The van der Waals surface area contributed by atoms with Gasteiger partial charge in [-0.25, -0.2) is 4.72 Å². The second-order valence-corrected chi connectivity index (χ2v) is 6.16. The Bertz CT molecular complexity index is 382. The fraction of sp³-hybridized carbons (Fsp3) is 0.571. The predicted molar refractivity (Wildman–Crippen MR) is 75.1 cm³/mol. The Balaban J connectivity index is 1.88. The summed E-state index contributed by atoms with van der Waals surface area (Å²) in [7, 11) is 0. The van der Waals surface area contributed by atoms with Crippen molar-refractivity contribution in [1.29, 1.82) is 0 Å². The molecule has 1 saturated carbocycles. The highest BCUT2D eigenvalue weighted by Gasteiger charge is 2.42. The summed E-state index contributed by atoms with van der Waals surface area (Å²) in [4.78, 5) is 0. The number of nitrogens with one attached hydrogen (secondary N) is 1. The van der Waals surface area contributed by atoms with Crippen LogP contribution in [0.2, 0.25) is 0 Å². The summed E-state index contributed by atoms with van der Waals surface area (Å²) >= 11 is 1.79. The zero-order chi connectivity index (χ0) is 11.7. The first-order chi connectivity index (χ1) is 8.30. The highest BCUT2D eigenvalue weighted by molar-refractivity contribution is 7.99. The molecule has 1 spiro atoms. The van der Waals surface area contributed by atoms with Crippen molar-refractivity contribution in [1.82, 2.24) is 4.72 Å². The minimum atomic E-state index is 0.373. The lowest BCUT2D eigenvalue weighted by Gasteiger charge is -2.40. The van der Waals surface area contributed by atoms with Crippen molar-refractivity contribution in [2.24, 2.45) is 0 Å². The molecule has 2 fully saturated rings. The number of anilines is 1. The number of benzene rings is 1. The molecule has 1 aromatic carbocycles. The summed E-state index contributed by atoms with van der Waals surface area (Å²) in [5.74, 6) is 0. The molecule has 1 aliphatic carbocycles. The van der Waals surface area contributed by atoms with Gasteiger partial charge in [0.25, 0.3) is 0 Å². The standard InChI is InChI=1S/C14H20N2S/c1-12-5-7-13(8-6-12)16-14(11-15-17-16)9-3-2-4-10-14/h5-8,15H,2-4,9-11H2,1H3. The largest absolute Gasteiger partial charge is 0.296 e. The summed E-state index contributed by atoms with van der Waals surface area (Å²) in [6, 6.07) is 8.94. The van der Waals surface area contributed by atoms with E-state index in [0.717, 1.165) is 6.54 Å². The molecular weight excluding hydrogens is 228 g/mol. The van der Waals surface area contributed by atoms with Crippen LogP contribution in [0.4, 0.5) is 5.69 Å². The normalized spacial score (nSPS) is 23.2. The lowest BCUT2D eigenvalue weighted by Crippen LogP contribution is -2.45. The van der Waals surface area contributed by atoms with Gasteiger partial charge in [-0.15, -0.1) is 0 Å². The Kier molecular flexibility index (Phi) is 3.05. The number of nitrogens with zero attached hydrogens (tertiary/aromatic N) is 1. The van der Waals surface area contributed by atoms with Crippen LogP contribution in [0, 0.1) is 6.92 Å². The Morgan fingerprint density at radius 2 is 1.82 bits per heavy atom. The molecule has 1 aromatic rings. The molecule has 92 valence electrons. The molecule has 0 amide bonds. The van der Waals surface area contributed by atoms with E-state index in [9.17, 15) is 0 Å². The van der Waals surface area contributed by atoms with Crippen LogP contribution in [0.5, 0.6) is 0 Å². The van der Waals surface area contributed by atoms with E-state index < -0.39 is 0 Å². The number of hydrogen-bond donors (Lipinski definition) is 1. The van der Waals surface area contributed by atoms with Crippen molar-refractivity contribution in [3.8, 4) is 0 Å². The third-order valence-corrected chi connectivity index (χ3v) is 5.09. The van der Waals surface area contributed by atoms with Gasteiger partial charge in [-0.3, -0.25) is 4.31 Å². The molecule has 1 heterocycles. The van der Waals surface area contributed by atoms with Crippen LogP contribution < -0.4 is 9.03 Å². The second kappa shape index (κ2) is 4.54. The lowest BCUT2D eigenvalue weighted by molar-refractivity contribution is 0.318. The first-order valence-corrected chi connectivity index (χ1v) is 7.34. The fourth-order valence-electron chi connectivity index (χ4n) is 3.00. The topological polar surface area (TPSA) is 15.3 Å². The van der Waals surface area contributed by atoms with E-state index in [1.54, 1.807) is 12.1 Å². The van der Waals surface area contributed by atoms with Gasteiger partial charge in [0.2, 0.25) is 0 Å². The molecule has 0 atom stereocenters. The van der Waals surface area contributed by atoms with E-state index in [2.05, 4.69) is 40.2 Å². The van der Waals surface area contributed by atoms with Gasteiger partial charge in [-0.2, -0.15) is 0 Å². The minimum absolute atomic E-state index is 0.373. The highest BCUT2D eigenvalue weighted by Crippen LogP contribution is 2.43. The Labute approximate surface area is 108 Å². The van der Waals surface area contributed by atoms with Crippen molar-refractivity contribution >= 4 is 17.8 Å². The highest BCUT2D eigenvalue weighted by atomic mass is 32.2. The van der Waals surface area contributed by atoms with Gasteiger partial charge in [0, 0.05) is 24.4 Å². The SMILES string of the molecule is Cc1ccc(N2SNCC23CCCCC3)cc1. The second-order valence-electron chi connectivity index (χ2n) is 5.33. The number of aryl methyl sites for hydroxylation is 1. The first-order valence-electron chi connectivity index (χ1n) is 6.57. The molecule has 1 aliphatic heterocycles. The van der Waals surface area contributed by atoms with Gasteiger partial charge in [-0.1, -0.05) is 37.0 Å². The van der Waals surface area contributed by atoms with E-state index in [4.69, 9.17) is 0 Å². The quantitative estimate of drug-likeness (QED) is 0.763. The van der Waals surface area contributed by atoms with Crippen LogP contribution in [0.3, 0.4) is 0 Å². The number of rotatable bonds is 1. The van der Waals surface area contributed by atoms with Crippen LogP contribution in [0.25, 0.3) is 0 Å². The van der Waals surface area contributed by atoms with E-state index in [0.29, 0.717) is 5.54 Å². The molecule has 1 saturated heterocycles. The van der Waals surface area contributed by atoms with E-state index >= 15 is 0 Å². The third kappa shape index (κ3) is 2.06. The van der Waals surface area contributed by atoms with Gasteiger partial charge in [0.1, 0.15) is 0 Å². The van der Waals surface area contributed by atoms with Crippen LogP contribution in [-0.4, -0.2) is 12.1 Å². The molecule has 0 aromatic heterocycles. The van der Waals surface area contributed by atoms with Crippen molar-refractivity contribution in [3.05, 3.63) is 29.8 Å². The van der Waals surface area contributed by atoms with Crippen molar-refractivity contribution in [2.75, 3.05) is 10.8 Å². The zero-order valence-electron chi connectivity index (χ0n) is 10.4. The van der Waals surface area contributed by atoms with Crippen LogP contribution >= 0.6 is 12.1 Å². The smallest absolute Gasteiger partial charge is 0.0661 e. The first kappa shape index (κ1) is 11.4. The molecule has 1 N–H and O–H groups in total. The Morgan fingerprint density at radius 1 is 1.12 bits per heavy atom. The Hall–Kier alpha value is -0.670. The lowest BCUT2D eigenvalue weighted by atomic mass is 9.81. The number of hydrogen-bond acceptors (Lipinski definition) is 3. The summed E-state index contributed by atoms with van der Waals surface area (Å²) in [5, 5.41) is 0. The van der Waals surface area contributed by atoms with Crippen LogP contribution in [-0.2, 0) is 0 Å². The minimum Gasteiger partial charge on any atom is -0.296 e. The Morgan fingerprint density at radius 3 is 2.53 bits per heavy atom. The maximum Gasteiger partial charge on any atom is 0.0661 e. The monoisotopic (exact) mass is 248 g/mol. The van der Waals surface area contributed by atoms with Gasteiger partial charge in [0.15, 0.2) is 0 Å². The van der Waals surface area contributed by atoms with Gasteiger partial charge in [0.05, 0.1) is 5.54 Å². The van der Waals surface area contributed by atoms with Gasteiger partial charge >= 0.3 is 0 Å². The third-order valence-electron chi connectivity index (χ3n) is 4.04. The molecule has 2 aliphatic rings. The molecule has 3 heteroatoms. The maximum atomic E-state index is 3.49. The fourth-order valence-corrected chi connectivity index (χ4v) is 4.13. The van der Waals surface area contributed by atoms with E-state index in [-0.39, 0.29) is 0 Å². The van der Waals surface area contributed by atoms with Crippen molar-refractivity contribution in [3.63, 3.8) is 0 Å². The molecule has 3 rings (SSSR count). The summed E-state index contributed by atoms with van der Waals surface area (Å²) < 4.78 is 6.01. The van der Waals surface area contributed by atoms with Gasteiger partial charge in [-0.05, 0) is 31.9 Å². The molecular formula is C14H20N2S. The van der Waals surface area contributed by atoms with Crippen LogP contribution in [0.15, 0.2) is 24.3 Å². The van der Waals surface area contributed by atoms with Crippen molar-refractivity contribution < 1.29 is 0 Å². The molecule has 17 heavy (non-hydrogen) atoms. The van der Waals surface area contributed by atoms with E-state index in [1.807, 2.05) is 0 Å². The van der Waals surface area contributed by atoms with Gasteiger partial charge < -0.3 is 0 Å². The predicted octanol–water partition coefficient (Wildman–Crippen LogP) is 3.67. The average Bonchev–Trinajstić information content (AvgIpc) is 2.75. The maximum absolute atomic E-state index is 3.49. The van der Waals surface area contributed by atoms with Crippen LogP contribution in [0.1, 0.15) is 37.7 Å². The van der Waals surface area contributed by atoms with E-state index in [1.165, 1.54) is 43.4 Å². The molecule has 2 nitrogen and oxygen atoms in total. The summed E-state index contributed by atoms with van der Waals surface area (Å²) in [6.07, 6.45) is 6.84. The zero-order valence-corrected chi connectivity index (χ0v) is 11.2. The molecule has 0 radical (unpaired) electrons. The van der Waals surface area contributed by atoms with Crippen molar-refractivity contribution in [2.45, 2.75) is 44.6 Å².